The average Bonchev–Trinajstić information content (AvgIpc) is 2.47. The summed E-state index contributed by atoms with van der Waals surface area (Å²) >= 11 is 0. The van der Waals surface area contributed by atoms with Gasteiger partial charge in [-0.1, -0.05) is 6.42 Å². The van der Waals surface area contributed by atoms with Gasteiger partial charge in [-0.2, -0.15) is 0 Å². The highest BCUT2D eigenvalue weighted by atomic mass is 16.5. The number of hydrogen-bond acceptors (Lipinski definition) is 3. The van der Waals surface area contributed by atoms with E-state index in [0.717, 1.165) is 19.6 Å². The molecule has 0 aromatic rings. The monoisotopic (exact) mass is 196 g/mol. The molecule has 2 heterocycles. The van der Waals surface area contributed by atoms with Crippen molar-refractivity contribution in [2.75, 3.05) is 33.3 Å². The molecule has 1 unspecified atom stereocenters. The third-order valence-electron chi connectivity index (χ3n) is 4.28. The summed E-state index contributed by atoms with van der Waals surface area (Å²) in [6.07, 6.45) is 5.29. The minimum atomic E-state index is 0.00951. The van der Waals surface area contributed by atoms with E-state index in [0.29, 0.717) is 5.41 Å². The summed E-state index contributed by atoms with van der Waals surface area (Å²) in [4.78, 5) is 2.35. The highest BCUT2D eigenvalue weighted by Crippen LogP contribution is 2.44. The van der Waals surface area contributed by atoms with E-state index in [-0.39, 0.29) is 5.72 Å². The SMILES string of the molecule is CN1CCC2(C1)NCC1(CCC1)CO2. The summed E-state index contributed by atoms with van der Waals surface area (Å²) in [7, 11) is 2.17. The van der Waals surface area contributed by atoms with Gasteiger partial charge >= 0.3 is 0 Å². The Labute approximate surface area is 85.8 Å². The molecule has 80 valence electrons. The van der Waals surface area contributed by atoms with E-state index in [4.69, 9.17) is 4.74 Å². The Morgan fingerprint density at radius 2 is 2.14 bits per heavy atom. The molecule has 2 spiro atoms. The number of likely N-dealkylation sites (tertiary alicyclic amines) is 1. The molecule has 1 atom stereocenters. The number of hydrogen-bond donors (Lipinski definition) is 1. The maximum atomic E-state index is 6.10. The van der Waals surface area contributed by atoms with Crippen molar-refractivity contribution in [3.8, 4) is 0 Å². The third kappa shape index (κ3) is 1.30. The zero-order valence-electron chi connectivity index (χ0n) is 9.01. The van der Waals surface area contributed by atoms with E-state index in [1.165, 1.54) is 32.4 Å². The Bertz CT molecular complexity index is 227. The summed E-state index contributed by atoms with van der Waals surface area (Å²) in [6, 6.07) is 0. The zero-order chi connectivity index (χ0) is 9.65. The molecule has 14 heavy (non-hydrogen) atoms. The molecule has 3 fully saturated rings. The van der Waals surface area contributed by atoms with E-state index in [1.54, 1.807) is 0 Å². The largest absolute Gasteiger partial charge is 0.359 e. The van der Waals surface area contributed by atoms with Crippen LogP contribution >= 0.6 is 0 Å². The first kappa shape index (κ1) is 9.13. The molecule has 1 aliphatic carbocycles. The van der Waals surface area contributed by atoms with Gasteiger partial charge in [0.2, 0.25) is 0 Å². The standard InChI is InChI=1S/C11H20N2O/c1-13-6-5-11(8-13)12-7-10(9-14-11)3-2-4-10/h12H,2-9H2,1H3. The lowest BCUT2D eigenvalue weighted by Gasteiger charge is -2.50. The van der Waals surface area contributed by atoms with E-state index in [2.05, 4.69) is 17.3 Å². The maximum Gasteiger partial charge on any atom is 0.133 e. The van der Waals surface area contributed by atoms with Crippen LogP contribution in [0.1, 0.15) is 25.7 Å². The van der Waals surface area contributed by atoms with Crippen LogP contribution in [-0.2, 0) is 4.74 Å². The minimum Gasteiger partial charge on any atom is -0.359 e. The average molecular weight is 196 g/mol. The second kappa shape index (κ2) is 2.94. The Balaban J connectivity index is 1.64. The molecule has 3 rings (SSSR count). The Morgan fingerprint density at radius 1 is 1.29 bits per heavy atom. The van der Waals surface area contributed by atoms with Gasteiger partial charge in [0.15, 0.2) is 0 Å². The normalized spacial score (nSPS) is 41.8. The lowest BCUT2D eigenvalue weighted by molar-refractivity contribution is -0.158. The first-order chi connectivity index (χ1) is 6.72. The van der Waals surface area contributed by atoms with Crippen molar-refractivity contribution in [1.29, 1.82) is 0 Å². The number of ether oxygens (including phenoxy) is 1. The highest BCUT2D eigenvalue weighted by molar-refractivity contribution is 4.99. The van der Waals surface area contributed by atoms with Crippen LogP contribution in [0.2, 0.25) is 0 Å². The lowest BCUT2D eigenvalue weighted by atomic mass is 9.68. The molecule has 2 aliphatic heterocycles. The summed E-state index contributed by atoms with van der Waals surface area (Å²) in [5.41, 5.74) is 0.530. The molecule has 2 saturated heterocycles. The maximum absolute atomic E-state index is 6.10. The predicted octanol–water partition coefficient (Wildman–Crippen LogP) is 0.808. The third-order valence-corrected chi connectivity index (χ3v) is 4.28. The predicted molar refractivity (Wildman–Crippen MR) is 55.1 cm³/mol. The van der Waals surface area contributed by atoms with Crippen LogP contribution in [0.3, 0.4) is 0 Å². The first-order valence-corrected chi connectivity index (χ1v) is 5.80. The van der Waals surface area contributed by atoms with E-state index in [9.17, 15) is 0 Å². The van der Waals surface area contributed by atoms with Crippen LogP contribution in [-0.4, -0.2) is 43.9 Å². The topological polar surface area (TPSA) is 24.5 Å². The summed E-state index contributed by atoms with van der Waals surface area (Å²) < 4.78 is 6.10. The summed E-state index contributed by atoms with van der Waals surface area (Å²) in [5, 5.41) is 3.65. The molecule has 0 amide bonds. The van der Waals surface area contributed by atoms with Crippen LogP contribution in [0, 0.1) is 5.41 Å². The molecule has 0 radical (unpaired) electrons. The van der Waals surface area contributed by atoms with Gasteiger partial charge < -0.3 is 9.64 Å². The van der Waals surface area contributed by atoms with Gasteiger partial charge in [0.25, 0.3) is 0 Å². The highest BCUT2D eigenvalue weighted by Gasteiger charge is 2.48. The molecule has 3 heteroatoms. The van der Waals surface area contributed by atoms with Crippen LogP contribution in [0.25, 0.3) is 0 Å². The number of rotatable bonds is 0. The van der Waals surface area contributed by atoms with Crippen molar-refractivity contribution in [2.45, 2.75) is 31.4 Å². The fourth-order valence-corrected chi connectivity index (χ4v) is 2.97. The fraction of sp³-hybridized carbons (Fsp3) is 1.00. The number of nitrogens with zero attached hydrogens (tertiary/aromatic N) is 1. The number of likely N-dealkylation sites (N-methyl/N-ethyl adjacent to an activating group) is 1. The van der Waals surface area contributed by atoms with Crippen molar-refractivity contribution >= 4 is 0 Å². The summed E-state index contributed by atoms with van der Waals surface area (Å²) in [5.74, 6) is 0. The quantitative estimate of drug-likeness (QED) is 0.620. The van der Waals surface area contributed by atoms with Gasteiger partial charge in [0.1, 0.15) is 5.72 Å². The minimum absolute atomic E-state index is 0.00951. The molecule has 3 aliphatic rings. The van der Waals surface area contributed by atoms with E-state index >= 15 is 0 Å². The van der Waals surface area contributed by atoms with Gasteiger partial charge in [-0.3, -0.25) is 5.32 Å². The van der Waals surface area contributed by atoms with Crippen molar-refractivity contribution < 1.29 is 4.74 Å². The first-order valence-electron chi connectivity index (χ1n) is 5.80. The smallest absolute Gasteiger partial charge is 0.133 e. The second-order valence-electron chi connectivity index (χ2n) is 5.48. The van der Waals surface area contributed by atoms with Crippen LogP contribution in [0.4, 0.5) is 0 Å². The van der Waals surface area contributed by atoms with E-state index in [1.807, 2.05) is 0 Å². The Hall–Kier alpha value is -0.120. The van der Waals surface area contributed by atoms with E-state index < -0.39 is 0 Å². The van der Waals surface area contributed by atoms with Crippen molar-refractivity contribution in [2.24, 2.45) is 5.41 Å². The molecular weight excluding hydrogens is 176 g/mol. The molecule has 3 nitrogen and oxygen atoms in total. The van der Waals surface area contributed by atoms with Crippen LogP contribution in [0.15, 0.2) is 0 Å². The number of nitrogens with one attached hydrogen (secondary N) is 1. The van der Waals surface area contributed by atoms with Crippen LogP contribution < -0.4 is 5.32 Å². The molecule has 1 saturated carbocycles. The molecular formula is C11H20N2O. The Kier molecular flexibility index (Phi) is 1.92. The van der Waals surface area contributed by atoms with Gasteiger partial charge in [-0.15, -0.1) is 0 Å². The molecule has 0 aromatic carbocycles. The Morgan fingerprint density at radius 3 is 2.57 bits per heavy atom. The summed E-state index contributed by atoms with van der Waals surface area (Å²) in [6.45, 7) is 4.40. The zero-order valence-corrected chi connectivity index (χ0v) is 9.01. The van der Waals surface area contributed by atoms with Gasteiger partial charge in [0.05, 0.1) is 6.61 Å². The molecule has 0 aromatic heterocycles. The van der Waals surface area contributed by atoms with Crippen molar-refractivity contribution in [3.63, 3.8) is 0 Å². The van der Waals surface area contributed by atoms with Gasteiger partial charge in [-0.25, -0.2) is 0 Å². The molecule has 0 bridgehead atoms. The lowest BCUT2D eigenvalue weighted by Crippen LogP contribution is -2.61. The second-order valence-corrected chi connectivity index (χ2v) is 5.48. The van der Waals surface area contributed by atoms with Gasteiger partial charge in [0, 0.05) is 31.5 Å². The van der Waals surface area contributed by atoms with Crippen molar-refractivity contribution in [3.05, 3.63) is 0 Å². The fourth-order valence-electron chi connectivity index (χ4n) is 2.97. The van der Waals surface area contributed by atoms with Crippen molar-refractivity contribution in [1.82, 2.24) is 10.2 Å². The molecule has 1 N–H and O–H groups in total. The van der Waals surface area contributed by atoms with Gasteiger partial charge in [-0.05, 0) is 19.9 Å². The van der Waals surface area contributed by atoms with Crippen LogP contribution in [0.5, 0.6) is 0 Å².